The quantitative estimate of drug-likeness (QED) is 0.588. The summed E-state index contributed by atoms with van der Waals surface area (Å²) in [6.07, 6.45) is 0.0955. The Morgan fingerprint density at radius 3 is 1.81 bits per heavy atom. The van der Waals surface area contributed by atoms with Gasteiger partial charge in [0.1, 0.15) is 0 Å². The molecule has 0 amide bonds. The fourth-order valence-corrected chi connectivity index (χ4v) is 2.92. The van der Waals surface area contributed by atoms with E-state index < -0.39 is 0 Å². The van der Waals surface area contributed by atoms with Gasteiger partial charge in [-0.3, -0.25) is 9.59 Å². The van der Waals surface area contributed by atoms with Gasteiger partial charge in [-0.25, -0.2) is 0 Å². The molecule has 4 nitrogen and oxygen atoms in total. The second-order valence-electron chi connectivity index (χ2n) is 6.03. The number of ether oxygens (including phenoxy) is 2. The van der Waals surface area contributed by atoms with Gasteiger partial charge in [0.2, 0.25) is 0 Å². The highest BCUT2D eigenvalue weighted by Crippen LogP contribution is 2.32. The maximum Gasteiger partial charge on any atom is 0.193 e. The van der Waals surface area contributed by atoms with Gasteiger partial charge in [-0.05, 0) is 17.7 Å². The van der Waals surface area contributed by atoms with Crippen molar-refractivity contribution in [2.45, 2.75) is 6.42 Å². The molecule has 3 rings (SSSR count). The number of Topliss-reactive ketones (excluding diaryl/α,β-unsaturated/α-hetero) is 1. The summed E-state index contributed by atoms with van der Waals surface area (Å²) in [6.45, 7) is 0. The molecule has 0 spiro atoms. The van der Waals surface area contributed by atoms with E-state index in [-0.39, 0.29) is 18.0 Å². The molecule has 0 saturated carbocycles. The SMILES string of the molecule is COc1cc(CC(=O)c2ccccc2)c(C(=O)c2ccccc2)cc1OC. The van der Waals surface area contributed by atoms with Crippen LogP contribution >= 0.6 is 0 Å². The fourth-order valence-electron chi connectivity index (χ4n) is 2.92. The molecule has 0 unspecified atom stereocenters. The third kappa shape index (κ3) is 4.06. The van der Waals surface area contributed by atoms with Crippen molar-refractivity contribution in [3.05, 3.63) is 95.1 Å². The second kappa shape index (κ2) is 8.32. The number of methoxy groups -OCH3 is 2. The first-order valence-corrected chi connectivity index (χ1v) is 8.57. The number of ketones is 2. The Hall–Kier alpha value is -3.40. The molecular formula is C23H20O4. The molecule has 0 atom stereocenters. The lowest BCUT2D eigenvalue weighted by molar-refractivity contribution is 0.0992. The molecule has 3 aromatic carbocycles. The molecule has 136 valence electrons. The molecular weight excluding hydrogens is 340 g/mol. The predicted molar refractivity (Wildman–Crippen MR) is 104 cm³/mol. The topological polar surface area (TPSA) is 52.6 Å². The highest BCUT2D eigenvalue weighted by molar-refractivity contribution is 6.11. The zero-order valence-electron chi connectivity index (χ0n) is 15.3. The summed E-state index contributed by atoms with van der Waals surface area (Å²) in [4.78, 5) is 25.7. The van der Waals surface area contributed by atoms with Gasteiger partial charge in [-0.1, -0.05) is 60.7 Å². The number of carbonyl (C=O) groups excluding carboxylic acids is 2. The summed E-state index contributed by atoms with van der Waals surface area (Å²) in [6, 6.07) is 21.3. The van der Waals surface area contributed by atoms with Crippen LogP contribution in [0.5, 0.6) is 11.5 Å². The highest BCUT2D eigenvalue weighted by atomic mass is 16.5. The molecule has 0 aromatic heterocycles. The third-order valence-electron chi connectivity index (χ3n) is 4.34. The minimum atomic E-state index is -0.160. The molecule has 4 heteroatoms. The van der Waals surface area contributed by atoms with Crippen molar-refractivity contribution in [2.24, 2.45) is 0 Å². The highest BCUT2D eigenvalue weighted by Gasteiger charge is 2.20. The minimum absolute atomic E-state index is 0.0649. The van der Waals surface area contributed by atoms with Crippen LogP contribution in [0.3, 0.4) is 0 Å². The summed E-state index contributed by atoms with van der Waals surface area (Å²) in [5.41, 5.74) is 2.20. The number of hydrogen-bond donors (Lipinski definition) is 0. The Labute approximate surface area is 158 Å². The largest absolute Gasteiger partial charge is 0.493 e. The first-order chi connectivity index (χ1) is 13.1. The van der Waals surface area contributed by atoms with Crippen molar-refractivity contribution in [2.75, 3.05) is 14.2 Å². The molecule has 27 heavy (non-hydrogen) atoms. The molecule has 0 saturated heterocycles. The molecule has 0 aliphatic heterocycles. The van der Waals surface area contributed by atoms with Crippen LogP contribution in [0.25, 0.3) is 0 Å². The van der Waals surface area contributed by atoms with Crippen LogP contribution in [0, 0.1) is 0 Å². The van der Waals surface area contributed by atoms with E-state index in [0.717, 1.165) is 0 Å². The van der Waals surface area contributed by atoms with Gasteiger partial charge >= 0.3 is 0 Å². The number of benzene rings is 3. The van der Waals surface area contributed by atoms with E-state index in [0.29, 0.717) is 33.8 Å². The van der Waals surface area contributed by atoms with Crippen LogP contribution < -0.4 is 9.47 Å². The Morgan fingerprint density at radius 2 is 1.26 bits per heavy atom. The standard InChI is InChI=1S/C23H20O4/c1-26-21-14-18(13-20(24)16-9-5-3-6-10-16)19(15-22(21)27-2)23(25)17-11-7-4-8-12-17/h3-12,14-15H,13H2,1-2H3. The third-order valence-corrected chi connectivity index (χ3v) is 4.34. The monoisotopic (exact) mass is 360 g/mol. The van der Waals surface area contributed by atoms with Crippen molar-refractivity contribution < 1.29 is 19.1 Å². The molecule has 3 aromatic rings. The first-order valence-electron chi connectivity index (χ1n) is 8.57. The average Bonchev–Trinajstić information content (AvgIpc) is 2.74. The molecule has 0 fully saturated rings. The van der Waals surface area contributed by atoms with Crippen molar-refractivity contribution in [1.29, 1.82) is 0 Å². The predicted octanol–water partition coefficient (Wildman–Crippen LogP) is 4.36. The molecule has 0 heterocycles. The number of hydrogen-bond acceptors (Lipinski definition) is 4. The van der Waals surface area contributed by atoms with Crippen LogP contribution in [-0.4, -0.2) is 25.8 Å². The van der Waals surface area contributed by atoms with Crippen LogP contribution in [-0.2, 0) is 6.42 Å². The van der Waals surface area contributed by atoms with Gasteiger partial charge in [-0.2, -0.15) is 0 Å². The van der Waals surface area contributed by atoms with E-state index in [2.05, 4.69) is 0 Å². The molecule has 0 N–H and O–H groups in total. The van der Waals surface area contributed by atoms with Crippen LogP contribution in [0.4, 0.5) is 0 Å². The maximum atomic E-state index is 13.0. The molecule has 0 aliphatic carbocycles. The van der Waals surface area contributed by atoms with Crippen LogP contribution in [0.15, 0.2) is 72.8 Å². The van der Waals surface area contributed by atoms with Crippen molar-refractivity contribution >= 4 is 11.6 Å². The summed E-state index contributed by atoms with van der Waals surface area (Å²) in [5, 5.41) is 0. The van der Waals surface area contributed by atoms with E-state index in [1.165, 1.54) is 14.2 Å². The Bertz CT molecular complexity index is 947. The lowest BCUT2D eigenvalue weighted by Gasteiger charge is -2.14. The summed E-state index contributed by atoms with van der Waals surface area (Å²) in [5.74, 6) is 0.711. The molecule has 0 bridgehead atoms. The van der Waals surface area contributed by atoms with Gasteiger partial charge in [0.05, 0.1) is 14.2 Å². The van der Waals surface area contributed by atoms with Crippen LogP contribution in [0.2, 0.25) is 0 Å². The second-order valence-corrected chi connectivity index (χ2v) is 6.03. The molecule has 0 aliphatic rings. The van der Waals surface area contributed by atoms with Crippen molar-refractivity contribution in [3.8, 4) is 11.5 Å². The Kier molecular flexibility index (Phi) is 5.67. The summed E-state index contributed by atoms with van der Waals surface area (Å²) >= 11 is 0. The smallest absolute Gasteiger partial charge is 0.193 e. The minimum Gasteiger partial charge on any atom is -0.493 e. The van der Waals surface area contributed by atoms with Gasteiger partial charge in [0, 0.05) is 23.1 Å². The molecule has 0 radical (unpaired) electrons. The number of carbonyl (C=O) groups is 2. The van der Waals surface area contributed by atoms with E-state index in [9.17, 15) is 9.59 Å². The summed E-state index contributed by atoms with van der Waals surface area (Å²) < 4.78 is 10.7. The van der Waals surface area contributed by atoms with Crippen molar-refractivity contribution in [1.82, 2.24) is 0 Å². The first kappa shape index (κ1) is 18.4. The van der Waals surface area contributed by atoms with E-state index in [1.807, 2.05) is 36.4 Å². The average molecular weight is 360 g/mol. The lowest BCUT2D eigenvalue weighted by atomic mass is 9.93. The maximum absolute atomic E-state index is 13.0. The lowest BCUT2D eigenvalue weighted by Crippen LogP contribution is -2.11. The summed E-state index contributed by atoms with van der Waals surface area (Å²) in [7, 11) is 3.04. The zero-order valence-corrected chi connectivity index (χ0v) is 15.3. The van der Waals surface area contributed by atoms with Gasteiger partial charge < -0.3 is 9.47 Å². The normalized spacial score (nSPS) is 10.3. The Morgan fingerprint density at radius 1 is 0.741 bits per heavy atom. The van der Waals surface area contributed by atoms with Gasteiger partial charge in [-0.15, -0.1) is 0 Å². The van der Waals surface area contributed by atoms with Crippen LogP contribution in [0.1, 0.15) is 31.8 Å². The Balaban J connectivity index is 2.05. The fraction of sp³-hybridized carbons (Fsp3) is 0.130. The van der Waals surface area contributed by atoms with Crippen molar-refractivity contribution in [3.63, 3.8) is 0 Å². The zero-order chi connectivity index (χ0) is 19.2. The number of rotatable bonds is 7. The van der Waals surface area contributed by atoms with Gasteiger partial charge in [0.15, 0.2) is 23.1 Å². The van der Waals surface area contributed by atoms with E-state index in [1.54, 1.807) is 36.4 Å². The van der Waals surface area contributed by atoms with E-state index >= 15 is 0 Å². The van der Waals surface area contributed by atoms with E-state index in [4.69, 9.17) is 9.47 Å². The van der Waals surface area contributed by atoms with Gasteiger partial charge in [0.25, 0.3) is 0 Å².